The summed E-state index contributed by atoms with van der Waals surface area (Å²) in [6.07, 6.45) is 3.56. The molecule has 0 saturated carbocycles. The van der Waals surface area contributed by atoms with Gasteiger partial charge in [0.05, 0.1) is 29.1 Å². The van der Waals surface area contributed by atoms with E-state index in [1.54, 1.807) is 0 Å². The minimum absolute atomic E-state index is 0.0253. The predicted molar refractivity (Wildman–Crippen MR) is 154 cm³/mol. The minimum atomic E-state index is -3.73. The molecule has 1 atom stereocenters. The second-order valence-electron chi connectivity index (χ2n) is 10.8. The topological polar surface area (TPSA) is 116 Å². The van der Waals surface area contributed by atoms with Gasteiger partial charge in [-0.2, -0.15) is 10.2 Å². The van der Waals surface area contributed by atoms with Crippen molar-refractivity contribution in [3.05, 3.63) is 112 Å². The number of aromatic hydroxyl groups is 1. The van der Waals surface area contributed by atoms with E-state index in [1.165, 1.54) is 0 Å². The third kappa shape index (κ3) is 5.17. The van der Waals surface area contributed by atoms with Crippen LogP contribution in [0.1, 0.15) is 51.9 Å². The van der Waals surface area contributed by atoms with Crippen molar-refractivity contribution in [2.24, 2.45) is 0 Å². The third-order valence-corrected chi connectivity index (χ3v) is 8.81. The molecule has 208 valence electrons. The Bertz CT molecular complexity index is 1710. The normalized spacial score (nSPS) is 17.9. The molecule has 1 spiro atoms. The van der Waals surface area contributed by atoms with E-state index in [4.69, 9.17) is 4.74 Å². The molecule has 1 N–H and O–H groups in total. The van der Waals surface area contributed by atoms with E-state index in [2.05, 4.69) is 51.3 Å². The van der Waals surface area contributed by atoms with Crippen molar-refractivity contribution < 1.29 is 18.3 Å². The van der Waals surface area contributed by atoms with Gasteiger partial charge in [-0.05, 0) is 42.0 Å². The molecule has 0 amide bonds. The summed E-state index contributed by atoms with van der Waals surface area (Å²) in [5.41, 5.74) is 5.46. The minimum Gasteiger partial charge on any atom is -0.493 e. The van der Waals surface area contributed by atoms with E-state index in [1.807, 2.05) is 42.5 Å². The van der Waals surface area contributed by atoms with E-state index in [-0.39, 0.29) is 18.9 Å². The maximum absolute atomic E-state index is 12.2. The first-order valence-electron chi connectivity index (χ1n) is 13.6. The second-order valence-corrected chi connectivity index (χ2v) is 12.7. The van der Waals surface area contributed by atoms with Gasteiger partial charge in [-0.25, -0.2) is 13.4 Å². The number of fused-ring (bicyclic) bond motifs is 3. The highest BCUT2D eigenvalue weighted by Crippen LogP contribution is 2.48. The van der Waals surface area contributed by atoms with Crippen molar-refractivity contribution in [1.29, 1.82) is 5.26 Å². The summed E-state index contributed by atoms with van der Waals surface area (Å²) in [4.78, 5) is 10.4. The molecular weight excluding hydrogens is 536 g/mol. The number of hydrogen-bond acceptors (Lipinski definition) is 8. The van der Waals surface area contributed by atoms with Crippen molar-refractivity contribution in [3.8, 4) is 11.9 Å². The van der Waals surface area contributed by atoms with Crippen molar-refractivity contribution in [3.63, 3.8) is 0 Å². The van der Waals surface area contributed by atoms with Crippen LogP contribution in [0.4, 0.5) is 5.69 Å². The SMILES string of the molecule is CS(=O)(=O)c1nc(O)c2c(n1)C[C@]1(CCCc3ccc(N(Cc4ccccc4)Cc4ccccc4)c(C#N)c31)OC2. The van der Waals surface area contributed by atoms with Crippen LogP contribution in [0.5, 0.6) is 5.88 Å². The predicted octanol–water partition coefficient (Wildman–Crippen LogP) is 4.97. The van der Waals surface area contributed by atoms with Gasteiger partial charge < -0.3 is 14.7 Å². The Hall–Kier alpha value is -4.26. The molecule has 1 aromatic heterocycles. The number of nitriles is 1. The lowest BCUT2D eigenvalue weighted by Crippen LogP contribution is -2.41. The first kappa shape index (κ1) is 26.9. The fraction of sp³-hybridized carbons (Fsp3) is 0.281. The largest absolute Gasteiger partial charge is 0.493 e. The zero-order chi connectivity index (χ0) is 28.6. The molecule has 2 aliphatic rings. The summed E-state index contributed by atoms with van der Waals surface area (Å²) in [7, 11) is -3.73. The van der Waals surface area contributed by atoms with E-state index < -0.39 is 20.6 Å². The average molecular weight is 567 g/mol. The van der Waals surface area contributed by atoms with E-state index in [9.17, 15) is 18.8 Å². The number of rotatable bonds is 6. The molecule has 0 saturated heterocycles. The van der Waals surface area contributed by atoms with Crippen LogP contribution in [0.2, 0.25) is 0 Å². The smallest absolute Gasteiger partial charge is 0.250 e. The Kier molecular flexibility index (Phi) is 6.98. The maximum atomic E-state index is 12.2. The molecule has 41 heavy (non-hydrogen) atoms. The van der Waals surface area contributed by atoms with Crippen LogP contribution >= 0.6 is 0 Å². The lowest BCUT2D eigenvalue weighted by Gasteiger charge is -2.43. The van der Waals surface area contributed by atoms with Crippen LogP contribution in [0.25, 0.3) is 0 Å². The summed E-state index contributed by atoms with van der Waals surface area (Å²) in [6.45, 7) is 1.24. The van der Waals surface area contributed by atoms with Gasteiger partial charge in [0, 0.05) is 31.3 Å². The van der Waals surface area contributed by atoms with Crippen molar-refractivity contribution in [2.45, 2.75) is 56.1 Å². The van der Waals surface area contributed by atoms with Gasteiger partial charge in [-0.1, -0.05) is 66.7 Å². The van der Waals surface area contributed by atoms with Crippen LogP contribution in [0.3, 0.4) is 0 Å². The molecule has 2 heterocycles. The highest BCUT2D eigenvalue weighted by atomic mass is 32.2. The number of aromatic nitrogens is 2. The number of anilines is 1. The van der Waals surface area contributed by atoms with Crippen molar-refractivity contribution >= 4 is 15.5 Å². The van der Waals surface area contributed by atoms with Crippen LogP contribution in [-0.4, -0.2) is 29.7 Å². The summed E-state index contributed by atoms with van der Waals surface area (Å²) >= 11 is 0. The van der Waals surface area contributed by atoms with Gasteiger partial charge in [-0.15, -0.1) is 0 Å². The molecule has 9 heteroatoms. The standard InChI is InChI=1S/C32H30N4O4S/c1-41(38,39)31-34-27-17-32(40-21-26(27)30(37)35-31)16-8-13-24-14-15-28(25(18-33)29(24)32)36(19-22-9-4-2-5-10-22)20-23-11-6-3-7-12-23/h2-7,9-12,14-15H,8,13,16-17,19-21H2,1H3,(H,34,35,37)/t32-/m0/s1. The first-order valence-corrected chi connectivity index (χ1v) is 15.5. The van der Waals surface area contributed by atoms with E-state index in [0.29, 0.717) is 36.3 Å². The van der Waals surface area contributed by atoms with Gasteiger partial charge in [0.15, 0.2) is 0 Å². The number of hydrogen-bond donors (Lipinski definition) is 1. The van der Waals surface area contributed by atoms with Crippen LogP contribution in [-0.2, 0) is 52.7 Å². The number of aryl methyl sites for hydroxylation is 1. The molecule has 0 unspecified atom stereocenters. The number of nitrogens with zero attached hydrogens (tertiary/aromatic N) is 4. The molecule has 0 fully saturated rings. The van der Waals surface area contributed by atoms with E-state index >= 15 is 0 Å². The molecule has 0 radical (unpaired) electrons. The zero-order valence-electron chi connectivity index (χ0n) is 22.7. The number of sulfone groups is 1. The van der Waals surface area contributed by atoms with Crippen molar-refractivity contribution in [1.82, 2.24) is 9.97 Å². The van der Waals surface area contributed by atoms with Gasteiger partial charge >= 0.3 is 0 Å². The lowest BCUT2D eigenvalue weighted by molar-refractivity contribution is -0.0867. The molecule has 3 aromatic carbocycles. The zero-order valence-corrected chi connectivity index (χ0v) is 23.6. The fourth-order valence-electron chi connectivity index (χ4n) is 6.07. The molecular formula is C32H30N4O4S. The van der Waals surface area contributed by atoms with E-state index in [0.717, 1.165) is 47.0 Å². The number of ether oxygens (including phenoxy) is 1. The van der Waals surface area contributed by atoms with Crippen LogP contribution in [0, 0.1) is 11.3 Å². The number of benzene rings is 3. The van der Waals surface area contributed by atoms with Crippen LogP contribution in [0.15, 0.2) is 78.0 Å². The van der Waals surface area contributed by atoms with Gasteiger partial charge in [0.1, 0.15) is 11.7 Å². The second kappa shape index (κ2) is 10.6. The quantitative estimate of drug-likeness (QED) is 0.325. The molecule has 1 aliphatic carbocycles. The Balaban J connectivity index is 1.48. The Labute approximate surface area is 239 Å². The molecule has 6 rings (SSSR count). The maximum Gasteiger partial charge on any atom is 0.250 e. The first-order chi connectivity index (χ1) is 19.8. The molecule has 4 aromatic rings. The summed E-state index contributed by atoms with van der Waals surface area (Å²) in [5.74, 6) is -0.382. The Morgan fingerprint density at radius 3 is 2.27 bits per heavy atom. The van der Waals surface area contributed by atoms with Crippen molar-refractivity contribution in [2.75, 3.05) is 11.2 Å². The molecule has 8 nitrogen and oxygen atoms in total. The highest BCUT2D eigenvalue weighted by Gasteiger charge is 2.45. The summed E-state index contributed by atoms with van der Waals surface area (Å²) < 4.78 is 31.0. The highest BCUT2D eigenvalue weighted by molar-refractivity contribution is 7.90. The Morgan fingerprint density at radius 1 is 1.00 bits per heavy atom. The monoisotopic (exact) mass is 566 g/mol. The average Bonchev–Trinajstić information content (AvgIpc) is 2.97. The van der Waals surface area contributed by atoms with Crippen LogP contribution < -0.4 is 4.90 Å². The third-order valence-electron chi connectivity index (χ3n) is 7.96. The molecule has 1 aliphatic heterocycles. The van der Waals surface area contributed by atoms with Gasteiger partial charge in [-0.3, -0.25) is 0 Å². The van der Waals surface area contributed by atoms with Gasteiger partial charge in [0.2, 0.25) is 20.9 Å². The van der Waals surface area contributed by atoms with Gasteiger partial charge in [0.25, 0.3) is 0 Å². The Morgan fingerprint density at radius 2 is 1.66 bits per heavy atom. The summed E-state index contributed by atoms with van der Waals surface area (Å²) in [6, 6.07) is 27.0. The summed E-state index contributed by atoms with van der Waals surface area (Å²) in [5, 5.41) is 20.8. The molecule has 0 bridgehead atoms. The fourth-order valence-corrected chi connectivity index (χ4v) is 6.60. The lowest BCUT2D eigenvalue weighted by atomic mass is 9.72.